The van der Waals surface area contributed by atoms with Gasteiger partial charge >= 0.3 is 12.1 Å². The summed E-state index contributed by atoms with van der Waals surface area (Å²) in [5.74, 6) is 0.406. The molecule has 266 valence electrons. The van der Waals surface area contributed by atoms with E-state index in [1.54, 1.807) is 36.4 Å². The van der Waals surface area contributed by atoms with E-state index in [4.69, 9.17) is 19.0 Å². The van der Waals surface area contributed by atoms with Gasteiger partial charge in [-0.05, 0) is 103 Å². The van der Waals surface area contributed by atoms with Gasteiger partial charge in [0.05, 0.1) is 17.2 Å². The van der Waals surface area contributed by atoms with Gasteiger partial charge in [0.1, 0.15) is 17.9 Å². The Hall–Kier alpha value is -6.51. The maximum absolute atomic E-state index is 11.4. The lowest BCUT2D eigenvalue weighted by Gasteiger charge is -2.36. The summed E-state index contributed by atoms with van der Waals surface area (Å²) in [5.41, 5.74) is 7.88. The van der Waals surface area contributed by atoms with Gasteiger partial charge in [-0.2, -0.15) is 5.26 Å². The molecule has 6 aromatic rings. The monoisotopic (exact) mass is 708 g/mol. The third-order valence-corrected chi connectivity index (χ3v) is 9.51. The molecule has 4 aromatic carbocycles. The Bertz CT molecular complexity index is 2290. The van der Waals surface area contributed by atoms with Crippen LogP contribution in [0.2, 0.25) is 0 Å². The molecule has 1 aliphatic carbocycles. The molecule has 2 heterocycles. The minimum absolute atomic E-state index is 0.0599. The topological polar surface area (TPSA) is 159 Å². The molecule has 11 heteroatoms. The van der Waals surface area contributed by atoms with Crippen molar-refractivity contribution < 1.29 is 33.7 Å². The number of carbonyl (C=O) groups is 2. The average Bonchev–Trinajstić information content (AvgIpc) is 3.61. The molecule has 11 nitrogen and oxygen atoms in total. The number of benzene rings is 4. The van der Waals surface area contributed by atoms with Gasteiger partial charge in [-0.1, -0.05) is 48.5 Å². The van der Waals surface area contributed by atoms with Crippen molar-refractivity contribution in [1.82, 2.24) is 14.9 Å². The molecule has 0 spiro atoms. The van der Waals surface area contributed by atoms with E-state index in [0.29, 0.717) is 29.2 Å². The van der Waals surface area contributed by atoms with Crippen LogP contribution in [-0.4, -0.2) is 50.3 Å². The Kier molecular flexibility index (Phi) is 10.4. The number of nitrogens with zero attached hydrogens (tertiary/aromatic N) is 4. The highest BCUT2D eigenvalue weighted by Crippen LogP contribution is 2.35. The van der Waals surface area contributed by atoms with E-state index in [9.17, 15) is 20.0 Å². The number of nitriles is 1. The number of carboxylic acids is 1. The van der Waals surface area contributed by atoms with Gasteiger partial charge in [-0.3, -0.25) is 4.90 Å². The van der Waals surface area contributed by atoms with Crippen molar-refractivity contribution in [3.8, 4) is 29.2 Å². The summed E-state index contributed by atoms with van der Waals surface area (Å²) in [4.78, 5) is 34.1. The minimum Gasteiger partial charge on any atom is -0.489 e. The van der Waals surface area contributed by atoms with Crippen LogP contribution in [0.15, 0.2) is 108 Å². The highest BCUT2D eigenvalue weighted by molar-refractivity contribution is 5.87. The van der Waals surface area contributed by atoms with Crippen LogP contribution < -0.4 is 9.47 Å². The molecule has 53 heavy (non-hydrogen) atoms. The summed E-state index contributed by atoms with van der Waals surface area (Å²) < 4.78 is 17.1. The quantitative estimate of drug-likeness (QED) is 0.111. The third kappa shape index (κ3) is 8.35. The smallest absolute Gasteiger partial charge is 0.489 e. The van der Waals surface area contributed by atoms with E-state index in [1.807, 2.05) is 60.7 Å². The molecule has 0 radical (unpaired) electrons. The summed E-state index contributed by atoms with van der Waals surface area (Å²) in [6, 6.07) is 33.8. The highest BCUT2D eigenvalue weighted by atomic mass is 16.7. The van der Waals surface area contributed by atoms with E-state index in [0.717, 1.165) is 84.5 Å². The van der Waals surface area contributed by atoms with Crippen molar-refractivity contribution in [2.24, 2.45) is 0 Å². The lowest BCUT2D eigenvalue weighted by molar-refractivity contribution is 0.0696. The van der Waals surface area contributed by atoms with E-state index < -0.39 is 12.1 Å². The fourth-order valence-corrected chi connectivity index (χ4v) is 6.79. The predicted octanol–water partition coefficient (Wildman–Crippen LogP) is 8.26. The first-order valence-corrected chi connectivity index (χ1v) is 17.4. The average molecular weight is 709 g/mol. The summed E-state index contributed by atoms with van der Waals surface area (Å²) in [6.45, 7) is 1.81. The summed E-state index contributed by atoms with van der Waals surface area (Å²) in [7, 11) is 0. The standard InChI is InChI=1S/C42H36N4O7/c43-25-29-12-18-38-35(24-29)45-40(52-38)31-13-10-28(11-14-31)26-51-37-7-2-1-4-30(37)21-23-46(22-20-27-8-15-32(16-9-27)41(47)48)36-6-3-5-34-33(36)17-19-39(44-34)53-42(49)50/h1-2,4,7-19,24,36H,3,5-6,20-23,26H2,(H,47,48)(H,49,50). The van der Waals surface area contributed by atoms with Crippen LogP contribution in [0.4, 0.5) is 4.79 Å². The van der Waals surface area contributed by atoms with Crippen molar-refractivity contribution in [3.63, 3.8) is 0 Å². The van der Waals surface area contributed by atoms with E-state index in [1.165, 1.54) is 0 Å². The van der Waals surface area contributed by atoms with Crippen molar-refractivity contribution in [3.05, 3.63) is 142 Å². The normalized spacial score (nSPS) is 13.7. The second-order valence-corrected chi connectivity index (χ2v) is 12.9. The number of ether oxygens (including phenoxy) is 2. The Labute approximate surface area is 305 Å². The molecule has 1 atom stereocenters. The van der Waals surface area contributed by atoms with Gasteiger partial charge in [0.2, 0.25) is 11.8 Å². The number of oxazole rings is 1. The molecule has 0 saturated carbocycles. The van der Waals surface area contributed by atoms with E-state index >= 15 is 0 Å². The number of para-hydroxylation sites is 1. The number of aromatic carboxylic acids is 1. The number of aryl methyl sites for hydroxylation is 1. The fraction of sp³-hybridized carbons (Fsp3) is 0.214. The van der Waals surface area contributed by atoms with Crippen LogP contribution in [0.1, 0.15) is 62.8 Å². The van der Waals surface area contributed by atoms with Crippen LogP contribution in [0.5, 0.6) is 11.6 Å². The highest BCUT2D eigenvalue weighted by Gasteiger charge is 2.28. The molecule has 2 N–H and O–H groups in total. The molecule has 0 bridgehead atoms. The number of hydrogen-bond acceptors (Lipinski definition) is 9. The molecular weight excluding hydrogens is 672 g/mol. The number of aromatic nitrogens is 2. The SMILES string of the molecule is N#Cc1ccc2oc(-c3ccc(COc4ccccc4CCN(CCc4ccc(C(=O)O)cc4)C4CCCc5nc(OC(=O)O)ccc54)cc3)nc2c1. The second-order valence-electron chi connectivity index (χ2n) is 12.9. The Balaban J connectivity index is 1.05. The van der Waals surface area contributed by atoms with Crippen LogP contribution in [0.25, 0.3) is 22.6 Å². The third-order valence-electron chi connectivity index (χ3n) is 9.51. The molecule has 0 saturated heterocycles. The molecule has 7 rings (SSSR count). The zero-order valence-corrected chi connectivity index (χ0v) is 28.8. The van der Waals surface area contributed by atoms with E-state index in [-0.39, 0.29) is 17.5 Å². The lowest BCUT2D eigenvalue weighted by Crippen LogP contribution is -2.35. The molecule has 1 aliphatic rings. The van der Waals surface area contributed by atoms with Gasteiger partial charge in [0.15, 0.2) is 5.58 Å². The summed E-state index contributed by atoms with van der Waals surface area (Å²) in [5, 5.41) is 27.6. The number of hydrogen-bond donors (Lipinski definition) is 2. The molecular formula is C42H36N4O7. The number of fused-ring (bicyclic) bond motifs is 2. The van der Waals surface area contributed by atoms with Crippen LogP contribution in [0.3, 0.4) is 0 Å². The lowest BCUT2D eigenvalue weighted by atomic mass is 9.89. The van der Waals surface area contributed by atoms with Gasteiger partial charge in [0.25, 0.3) is 0 Å². The second kappa shape index (κ2) is 15.8. The van der Waals surface area contributed by atoms with Crippen molar-refractivity contribution >= 4 is 23.2 Å². The molecule has 0 fully saturated rings. The Morgan fingerprint density at radius 3 is 2.43 bits per heavy atom. The first-order chi connectivity index (χ1) is 25.8. The number of rotatable bonds is 13. The fourth-order valence-electron chi connectivity index (χ4n) is 6.79. The van der Waals surface area contributed by atoms with Gasteiger partial charge in [0, 0.05) is 36.5 Å². The van der Waals surface area contributed by atoms with Crippen LogP contribution in [-0.2, 0) is 25.9 Å². The molecule has 2 aromatic heterocycles. The van der Waals surface area contributed by atoms with Crippen molar-refractivity contribution in [2.45, 2.75) is 44.8 Å². The van der Waals surface area contributed by atoms with Gasteiger partial charge in [-0.15, -0.1) is 0 Å². The van der Waals surface area contributed by atoms with Gasteiger partial charge < -0.3 is 24.1 Å². The Morgan fingerprint density at radius 1 is 0.887 bits per heavy atom. The molecule has 0 aliphatic heterocycles. The maximum Gasteiger partial charge on any atom is 0.512 e. The number of pyridine rings is 1. The first-order valence-electron chi connectivity index (χ1n) is 17.4. The van der Waals surface area contributed by atoms with Crippen LogP contribution >= 0.6 is 0 Å². The zero-order valence-electron chi connectivity index (χ0n) is 28.8. The number of carboxylic acid groups (broad SMARTS) is 2. The van der Waals surface area contributed by atoms with Crippen LogP contribution in [0, 0.1) is 11.3 Å². The maximum atomic E-state index is 11.4. The minimum atomic E-state index is -1.39. The van der Waals surface area contributed by atoms with Crippen molar-refractivity contribution in [1.29, 1.82) is 5.26 Å². The summed E-state index contributed by atoms with van der Waals surface area (Å²) >= 11 is 0. The predicted molar refractivity (Wildman–Crippen MR) is 196 cm³/mol. The zero-order chi connectivity index (χ0) is 36.7. The van der Waals surface area contributed by atoms with Gasteiger partial charge in [-0.25, -0.2) is 19.6 Å². The first kappa shape index (κ1) is 34.9. The molecule has 1 unspecified atom stereocenters. The van der Waals surface area contributed by atoms with Crippen molar-refractivity contribution in [2.75, 3.05) is 13.1 Å². The van der Waals surface area contributed by atoms with E-state index in [2.05, 4.69) is 27.0 Å². The molecule has 0 amide bonds. The Morgan fingerprint density at radius 2 is 1.66 bits per heavy atom. The summed E-state index contributed by atoms with van der Waals surface area (Å²) in [6.07, 6.45) is 2.61. The largest absolute Gasteiger partial charge is 0.512 e.